The highest BCUT2D eigenvalue weighted by Gasteiger charge is 2.65. The lowest BCUT2D eigenvalue weighted by molar-refractivity contribution is -0.384. The second-order valence-corrected chi connectivity index (χ2v) is 9.53. The van der Waals surface area contributed by atoms with Gasteiger partial charge in [0.05, 0.1) is 41.8 Å². The lowest BCUT2D eigenvalue weighted by Gasteiger charge is -2.34. The summed E-state index contributed by atoms with van der Waals surface area (Å²) in [6, 6.07) is 16.4. The summed E-state index contributed by atoms with van der Waals surface area (Å²) in [5.74, 6) is -2.57. The van der Waals surface area contributed by atoms with Crippen molar-refractivity contribution in [2.24, 2.45) is 16.9 Å². The highest BCUT2D eigenvalue weighted by atomic mass is 16.6. The lowest BCUT2D eigenvalue weighted by Crippen LogP contribution is -2.44. The normalized spacial score (nSPS) is 23.2. The number of fused-ring (bicyclic) bond motifs is 5. The van der Waals surface area contributed by atoms with Crippen molar-refractivity contribution < 1.29 is 24.0 Å². The van der Waals surface area contributed by atoms with E-state index in [0.29, 0.717) is 16.9 Å². The second kappa shape index (κ2) is 8.62. The van der Waals surface area contributed by atoms with Crippen LogP contribution in [-0.4, -0.2) is 46.9 Å². The smallest absolute Gasteiger partial charge is 0.269 e. The minimum atomic E-state index is -1.01. The van der Waals surface area contributed by atoms with Crippen molar-refractivity contribution in [1.82, 2.24) is 5.01 Å². The molecule has 0 radical (unpaired) electrons. The number of carbonyl (C=O) groups excluding carboxylic acids is 3. The number of hydrazone groups is 1. The molecule has 2 saturated heterocycles. The number of nitro groups is 1. The van der Waals surface area contributed by atoms with Gasteiger partial charge in [0.15, 0.2) is 5.78 Å². The van der Waals surface area contributed by atoms with Gasteiger partial charge in [-0.1, -0.05) is 24.3 Å². The molecule has 0 aliphatic carbocycles. The van der Waals surface area contributed by atoms with Crippen LogP contribution in [0.2, 0.25) is 0 Å². The van der Waals surface area contributed by atoms with Crippen LogP contribution in [0.4, 0.5) is 11.4 Å². The fraction of sp³-hybridized carbons (Fsp3) is 0.214. The molecule has 2 amide bonds. The molecule has 3 aliphatic rings. The molecular formula is C28H22N4O6. The predicted molar refractivity (Wildman–Crippen MR) is 137 cm³/mol. The molecule has 0 spiro atoms. The first kappa shape index (κ1) is 23.5. The summed E-state index contributed by atoms with van der Waals surface area (Å²) in [6.45, 7) is 1.61. The van der Waals surface area contributed by atoms with Crippen LogP contribution < -0.4 is 9.64 Å². The number of methoxy groups -OCH3 is 1. The molecule has 38 heavy (non-hydrogen) atoms. The molecule has 0 unspecified atom stereocenters. The van der Waals surface area contributed by atoms with Crippen LogP contribution in [-0.2, 0) is 9.59 Å². The van der Waals surface area contributed by atoms with E-state index in [1.54, 1.807) is 42.4 Å². The van der Waals surface area contributed by atoms with Crippen molar-refractivity contribution in [3.8, 4) is 5.75 Å². The quantitative estimate of drug-likeness (QED) is 0.222. The summed E-state index contributed by atoms with van der Waals surface area (Å²) in [5.41, 5.74) is 2.54. The Morgan fingerprint density at radius 2 is 1.71 bits per heavy atom. The van der Waals surface area contributed by atoms with Gasteiger partial charge >= 0.3 is 0 Å². The highest BCUT2D eigenvalue weighted by molar-refractivity contribution is 6.25. The summed E-state index contributed by atoms with van der Waals surface area (Å²) in [7, 11) is 1.53. The van der Waals surface area contributed by atoms with E-state index in [1.165, 1.54) is 25.3 Å². The van der Waals surface area contributed by atoms with Crippen LogP contribution in [0.1, 0.15) is 33.1 Å². The fourth-order valence-electron chi connectivity index (χ4n) is 5.84. The molecule has 3 aliphatic heterocycles. The molecule has 10 heteroatoms. The number of ketones is 1. The van der Waals surface area contributed by atoms with Gasteiger partial charge in [-0.25, -0.2) is 4.90 Å². The largest absolute Gasteiger partial charge is 0.497 e. The zero-order chi connectivity index (χ0) is 26.7. The third kappa shape index (κ3) is 3.33. The average Bonchev–Trinajstić information content (AvgIpc) is 3.40. The fourth-order valence-corrected chi connectivity index (χ4v) is 5.84. The van der Waals surface area contributed by atoms with Gasteiger partial charge in [0, 0.05) is 17.7 Å². The van der Waals surface area contributed by atoms with Gasteiger partial charge in [0.1, 0.15) is 11.8 Å². The van der Waals surface area contributed by atoms with E-state index in [-0.39, 0.29) is 17.2 Å². The monoisotopic (exact) mass is 510 g/mol. The van der Waals surface area contributed by atoms with Crippen LogP contribution in [0.3, 0.4) is 0 Å². The van der Waals surface area contributed by atoms with Gasteiger partial charge in [-0.3, -0.25) is 29.5 Å². The Balaban J connectivity index is 1.47. The van der Waals surface area contributed by atoms with Crippen molar-refractivity contribution >= 4 is 35.2 Å². The standard InChI is InChI=1S/C28H22N4O6/c1-15-13-18(32(36)37)9-12-21(15)30-27(34)22-23(28(30)35)25(26(33)16-7-10-19(38-2)11-8-16)31-24(22)20-6-4-3-5-17(20)14-29-31/h3-14,22-25H,1-2H3/t22-,23+,24-,25-/m1/s1. The molecule has 3 aromatic rings. The molecule has 3 heterocycles. The van der Waals surface area contributed by atoms with Gasteiger partial charge in [-0.05, 0) is 53.9 Å². The molecule has 6 rings (SSSR count). The number of nitrogens with zero attached hydrogens (tertiary/aromatic N) is 4. The number of anilines is 1. The number of rotatable bonds is 5. The van der Waals surface area contributed by atoms with Crippen molar-refractivity contribution in [3.63, 3.8) is 0 Å². The van der Waals surface area contributed by atoms with Gasteiger partial charge in [0.2, 0.25) is 11.8 Å². The number of aryl methyl sites for hydroxylation is 1. The third-order valence-corrected chi connectivity index (χ3v) is 7.57. The van der Waals surface area contributed by atoms with E-state index >= 15 is 0 Å². The van der Waals surface area contributed by atoms with E-state index in [0.717, 1.165) is 16.0 Å². The van der Waals surface area contributed by atoms with Crippen LogP contribution in [0.25, 0.3) is 0 Å². The molecule has 3 aromatic carbocycles. The highest BCUT2D eigenvalue weighted by Crippen LogP contribution is 2.53. The number of amides is 2. The lowest BCUT2D eigenvalue weighted by atomic mass is 9.83. The molecule has 2 fully saturated rings. The zero-order valence-electron chi connectivity index (χ0n) is 20.5. The first-order valence-electron chi connectivity index (χ1n) is 12.0. The Bertz CT molecular complexity index is 1550. The van der Waals surface area contributed by atoms with Crippen molar-refractivity contribution in [3.05, 3.63) is 99.1 Å². The topological polar surface area (TPSA) is 122 Å². The second-order valence-electron chi connectivity index (χ2n) is 9.53. The molecule has 0 aromatic heterocycles. The van der Waals surface area contributed by atoms with Gasteiger partial charge in [-0.2, -0.15) is 5.10 Å². The Labute approximate surface area is 217 Å². The number of nitro benzene ring substituents is 1. The number of ether oxygens (including phenoxy) is 1. The van der Waals surface area contributed by atoms with E-state index < -0.39 is 40.7 Å². The molecule has 190 valence electrons. The van der Waals surface area contributed by atoms with Gasteiger partial charge in [0.25, 0.3) is 5.69 Å². The van der Waals surface area contributed by atoms with E-state index in [4.69, 9.17) is 4.74 Å². The molecule has 10 nitrogen and oxygen atoms in total. The Morgan fingerprint density at radius 3 is 2.39 bits per heavy atom. The average molecular weight is 511 g/mol. The van der Waals surface area contributed by atoms with Crippen LogP contribution in [0.5, 0.6) is 5.75 Å². The Kier molecular flexibility index (Phi) is 5.34. The zero-order valence-corrected chi connectivity index (χ0v) is 20.5. The summed E-state index contributed by atoms with van der Waals surface area (Å²) in [4.78, 5) is 53.7. The SMILES string of the molecule is COc1ccc(C(=O)[C@H]2[C@H]3C(=O)N(c4ccc([N+](=O)[O-])cc4C)C(=O)[C@H]3[C@H]3c4ccccc4C=NN32)cc1. The summed E-state index contributed by atoms with van der Waals surface area (Å²) in [5, 5.41) is 17.4. The van der Waals surface area contributed by atoms with Gasteiger partial charge in [-0.15, -0.1) is 0 Å². The van der Waals surface area contributed by atoms with Crippen LogP contribution in [0, 0.1) is 28.9 Å². The number of hydrogen-bond donors (Lipinski definition) is 0. The number of benzene rings is 3. The summed E-state index contributed by atoms with van der Waals surface area (Å²) in [6.07, 6.45) is 1.65. The van der Waals surface area contributed by atoms with E-state index in [1.807, 2.05) is 24.3 Å². The third-order valence-electron chi connectivity index (χ3n) is 7.57. The number of non-ortho nitro benzene ring substituents is 1. The minimum absolute atomic E-state index is 0.139. The number of Topliss-reactive ketones (excluding diaryl/α,β-unsaturated/α-hetero) is 1. The van der Waals surface area contributed by atoms with Crippen molar-refractivity contribution in [2.75, 3.05) is 12.0 Å². The summed E-state index contributed by atoms with van der Waals surface area (Å²) >= 11 is 0. The molecule has 4 atom stereocenters. The molecule has 0 saturated carbocycles. The first-order valence-corrected chi connectivity index (χ1v) is 12.0. The van der Waals surface area contributed by atoms with Gasteiger partial charge < -0.3 is 4.74 Å². The van der Waals surface area contributed by atoms with Crippen molar-refractivity contribution in [1.29, 1.82) is 0 Å². The van der Waals surface area contributed by atoms with Crippen molar-refractivity contribution in [2.45, 2.75) is 19.0 Å². The number of carbonyl (C=O) groups is 3. The predicted octanol–water partition coefficient (Wildman–Crippen LogP) is 3.67. The number of imide groups is 1. The molecule has 0 N–H and O–H groups in total. The van der Waals surface area contributed by atoms with Crippen LogP contribution >= 0.6 is 0 Å². The Morgan fingerprint density at radius 1 is 1.00 bits per heavy atom. The maximum atomic E-state index is 14.0. The van der Waals surface area contributed by atoms with Crippen LogP contribution in [0.15, 0.2) is 71.8 Å². The first-order chi connectivity index (χ1) is 18.3. The summed E-state index contributed by atoms with van der Waals surface area (Å²) < 4.78 is 5.20. The molecule has 0 bridgehead atoms. The van der Waals surface area contributed by atoms with E-state index in [2.05, 4.69) is 5.10 Å². The minimum Gasteiger partial charge on any atom is -0.497 e. The maximum Gasteiger partial charge on any atom is 0.269 e. The van der Waals surface area contributed by atoms with E-state index in [9.17, 15) is 24.5 Å². The maximum absolute atomic E-state index is 14.0. The Hall–Kier alpha value is -4.86. The molecular weight excluding hydrogens is 488 g/mol. The number of hydrogen-bond acceptors (Lipinski definition) is 8.